The van der Waals surface area contributed by atoms with Gasteiger partial charge in [-0.15, -0.1) is 11.3 Å². The minimum atomic E-state index is -0.0206. The molecule has 2 nitrogen and oxygen atoms in total. The van der Waals surface area contributed by atoms with E-state index in [9.17, 15) is 0 Å². The highest BCUT2D eigenvalue weighted by atomic mass is 32.1. The van der Waals surface area contributed by atoms with Gasteiger partial charge in [0.15, 0.2) is 5.69 Å². The van der Waals surface area contributed by atoms with Gasteiger partial charge in [-0.3, -0.25) is 0 Å². The van der Waals surface area contributed by atoms with E-state index in [2.05, 4.69) is 132 Å². The molecule has 0 radical (unpaired) electrons. The van der Waals surface area contributed by atoms with Crippen molar-refractivity contribution >= 4 is 59.0 Å². The molecule has 0 spiro atoms. The van der Waals surface area contributed by atoms with Crippen LogP contribution in [-0.4, -0.2) is 4.57 Å². The van der Waals surface area contributed by atoms with Crippen molar-refractivity contribution in [2.75, 3.05) is 0 Å². The summed E-state index contributed by atoms with van der Waals surface area (Å²) < 4.78 is 4.89. The molecule has 8 aromatic rings. The Kier molecular flexibility index (Phi) is 4.93. The Balaban J connectivity index is 1.29. The van der Waals surface area contributed by atoms with Crippen molar-refractivity contribution in [2.45, 2.75) is 19.3 Å². The van der Waals surface area contributed by atoms with Crippen molar-refractivity contribution < 1.29 is 0 Å². The molecule has 3 heteroatoms. The molecule has 2 aromatic heterocycles. The lowest BCUT2D eigenvalue weighted by molar-refractivity contribution is 0.661. The molecule has 1 aliphatic carbocycles. The average Bonchev–Trinajstić information content (AvgIpc) is 3.65. The van der Waals surface area contributed by atoms with Gasteiger partial charge in [0.05, 0.1) is 17.6 Å². The summed E-state index contributed by atoms with van der Waals surface area (Å²) in [4.78, 5) is 4.02. The Morgan fingerprint density at radius 3 is 2.07 bits per heavy atom. The van der Waals surface area contributed by atoms with Crippen molar-refractivity contribution in [3.63, 3.8) is 0 Å². The highest BCUT2D eigenvalue weighted by Gasteiger charge is 2.35. The summed E-state index contributed by atoms with van der Waals surface area (Å²) in [5.74, 6) is 0. The first kappa shape index (κ1) is 24.4. The van der Waals surface area contributed by atoms with E-state index in [1.807, 2.05) is 23.5 Å². The van der Waals surface area contributed by atoms with Gasteiger partial charge in [0, 0.05) is 47.6 Å². The first-order chi connectivity index (χ1) is 21.0. The minimum Gasteiger partial charge on any atom is -0.310 e. The number of aromatic nitrogens is 1. The second-order valence-electron chi connectivity index (χ2n) is 12.0. The van der Waals surface area contributed by atoms with Gasteiger partial charge in [-0.2, -0.15) is 0 Å². The van der Waals surface area contributed by atoms with Crippen LogP contribution < -0.4 is 0 Å². The highest BCUT2D eigenvalue weighted by molar-refractivity contribution is 7.25. The first-order valence-electron chi connectivity index (χ1n) is 14.6. The number of para-hydroxylation sites is 2. The summed E-state index contributed by atoms with van der Waals surface area (Å²) >= 11 is 1.85. The van der Waals surface area contributed by atoms with Crippen LogP contribution in [0.3, 0.4) is 0 Å². The Hall–Kier alpha value is -5.17. The molecular weight excluding hydrogens is 541 g/mol. The second-order valence-corrected chi connectivity index (χ2v) is 13.1. The standard InChI is InChI=1S/C40H26N2S/c1-40(2)31-14-7-4-11-25(31)29-22-30-28-20-19-24(21-37(28)43-38(30)23-32(29)40)39-33(41-3)15-10-18-36(39)42-34-16-8-5-12-26(34)27-13-6-9-17-35(27)42/h4-23H,1-2H3. The zero-order chi connectivity index (χ0) is 28.9. The molecule has 0 unspecified atom stereocenters. The van der Waals surface area contributed by atoms with Gasteiger partial charge in [-0.25, -0.2) is 4.85 Å². The zero-order valence-corrected chi connectivity index (χ0v) is 24.7. The smallest absolute Gasteiger partial charge is 0.196 e. The maximum Gasteiger partial charge on any atom is 0.196 e. The van der Waals surface area contributed by atoms with E-state index < -0.39 is 0 Å². The van der Waals surface area contributed by atoms with Gasteiger partial charge in [-0.05, 0) is 64.2 Å². The van der Waals surface area contributed by atoms with E-state index in [1.165, 1.54) is 53.2 Å². The molecule has 0 saturated carbocycles. The molecule has 0 bridgehead atoms. The summed E-state index contributed by atoms with van der Waals surface area (Å²) in [5.41, 5.74) is 11.5. The summed E-state index contributed by atoms with van der Waals surface area (Å²) in [6.07, 6.45) is 0. The number of thiophene rings is 1. The number of benzene rings is 6. The average molecular weight is 567 g/mol. The van der Waals surface area contributed by atoms with Gasteiger partial charge in [0.1, 0.15) is 0 Å². The third-order valence-electron chi connectivity index (χ3n) is 9.43. The maximum atomic E-state index is 8.12. The van der Waals surface area contributed by atoms with E-state index in [1.54, 1.807) is 0 Å². The molecular formula is C40H26N2S. The monoisotopic (exact) mass is 566 g/mol. The third kappa shape index (κ3) is 3.27. The first-order valence-corrected chi connectivity index (χ1v) is 15.5. The van der Waals surface area contributed by atoms with Gasteiger partial charge in [0.25, 0.3) is 0 Å². The van der Waals surface area contributed by atoms with E-state index in [0.29, 0.717) is 5.69 Å². The lowest BCUT2D eigenvalue weighted by Crippen LogP contribution is -2.14. The van der Waals surface area contributed by atoms with E-state index in [-0.39, 0.29) is 5.41 Å². The Bertz CT molecular complexity index is 2450. The molecule has 2 heterocycles. The zero-order valence-electron chi connectivity index (χ0n) is 23.8. The van der Waals surface area contributed by atoms with Crippen molar-refractivity contribution in [1.82, 2.24) is 4.57 Å². The number of hydrogen-bond acceptors (Lipinski definition) is 1. The van der Waals surface area contributed by atoms with E-state index in [4.69, 9.17) is 6.57 Å². The Morgan fingerprint density at radius 1 is 0.605 bits per heavy atom. The minimum absolute atomic E-state index is 0.0206. The molecule has 0 saturated heterocycles. The number of nitrogens with zero attached hydrogens (tertiary/aromatic N) is 2. The number of fused-ring (bicyclic) bond motifs is 9. The van der Waals surface area contributed by atoms with Crippen LogP contribution in [0.1, 0.15) is 25.0 Å². The topological polar surface area (TPSA) is 9.29 Å². The van der Waals surface area contributed by atoms with Gasteiger partial charge in [-0.1, -0.05) is 98.8 Å². The quantitative estimate of drug-likeness (QED) is 0.184. The lowest BCUT2D eigenvalue weighted by atomic mass is 9.82. The number of hydrogen-bond donors (Lipinski definition) is 0. The van der Waals surface area contributed by atoms with E-state index >= 15 is 0 Å². The second kappa shape index (κ2) is 8.67. The van der Waals surface area contributed by atoms with Crippen LogP contribution in [-0.2, 0) is 5.41 Å². The number of rotatable bonds is 2. The van der Waals surface area contributed by atoms with Gasteiger partial charge in [0.2, 0.25) is 0 Å². The van der Waals surface area contributed by atoms with Crippen molar-refractivity contribution in [3.8, 4) is 27.9 Å². The fourth-order valence-electron chi connectivity index (χ4n) is 7.41. The predicted octanol–water partition coefficient (Wildman–Crippen LogP) is 11.7. The van der Waals surface area contributed by atoms with Crippen LogP contribution >= 0.6 is 11.3 Å². The molecule has 6 aromatic carbocycles. The summed E-state index contributed by atoms with van der Waals surface area (Å²) in [5, 5.41) is 5.01. The molecule has 202 valence electrons. The van der Waals surface area contributed by atoms with Crippen molar-refractivity contribution in [3.05, 3.63) is 144 Å². The van der Waals surface area contributed by atoms with E-state index in [0.717, 1.165) is 27.8 Å². The van der Waals surface area contributed by atoms with Gasteiger partial charge < -0.3 is 4.57 Å². The summed E-state index contributed by atoms with van der Waals surface area (Å²) in [6.45, 7) is 12.8. The van der Waals surface area contributed by atoms with Crippen LogP contribution in [0.2, 0.25) is 0 Å². The Labute approximate surface area is 253 Å². The summed E-state index contributed by atoms with van der Waals surface area (Å²) in [6, 6.07) is 43.7. The maximum absolute atomic E-state index is 8.12. The molecule has 0 amide bonds. The molecule has 0 fully saturated rings. The Morgan fingerprint density at radius 2 is 1.30 bits per heavy atom. The SMILES string of the molecule is [C-]#[N+]c1cccc(-n2c3ccccc3c3ccccc32)c1-c1ccc2c(c1)sc1cc3c(cc12)-c1ccccc1C3(C)C. The fourth-order valence-corrected chi connectivity index (χ4v) is 8.58. The largest absolute Gasteiger partial charge is 0.310 e. The highest BCUT2D eigenvalue weighted by Crippen LogP contribution is 2.52. The molecule has 1 aliphatic rings. The molecule has 43 heavy (non-hydrogen) atoms. The third-order valence-corrected chi connectivity index (χ3v) is 10.5. The van der Waals surface area contributed by atoms with Gasteiger partial charge >= 0.3 is 0 Å². The van der Waals surface area contributed by atoms with Crippen LogP contribution in [0.4, 0.5) is 5.69 Å². The molecule has 0 N–H and O–H groups in total. The van der Waals surface area contributed by atoms with Crippen LogP contribution in [0, 0.1) is 6.57 Å². The molecule has 9 rings (SSSR count). The molecule has 0 aliphatic heterocycles. The normalized spacial score (nSPS) is 13.5. The van der Waals surface area contributed by atoms with Crippen molar-refractivity contribution in [2.24, 2.45) is 0 Å². The lowest BCUT2D eigenvalue weighted by Gasteiger charge is -2.21. The van der Waals surface area contributed by atoms with Crippen LogP contribution in [0.15, 0.2) is 121 Å². The predicted molar refractivity (Wildman–Crippen MR) is 183 cm³/mol. The summed E-state index contributed by atoms with van der Waals surface area (Å²) in [7, 11) is 0. The fraction of sp³-hybridized carbons (Fsp3) is 0.0750. The van der Waals surface area contributed by atoms with Crippen LogP contribution in [0.25, 0.3) is 74.8 Å². The van der Waals surface area contributed by atoms with Crippen LogP contribution in [0.5, 0.6) is 0 Å². The molecule has 0 atom stereocenters. The van der Waals surface area contributed by atoms with Crippen molar-refractivity contribution in [1.29, 1.82) is 0 Å².